The van der Waals surface area contributed by atoms with Crippen LogP contribution in [0.25, 0.3) is 0 Å². The lowest BCUT2D eigenvalue weighted by atomic mass is 10.0. The normalized spacial score (nSPS) is 16.7. The predicted molar refractivity (Wildman–Crippen MR) is 86.6 cm³/mol. The highest BCUT2D eigenvalue weighted by Gasteiger charge is 2.29. The molecule has 0 aromatic rings. The summed E-state index contributed by atoms with van der Waals surface area (Å²) in [6, 6.07) is 0.832. The molecule has 0 bridgehead atoms. The third-order valence-corrected chi connectivity index (χ3v) is 4.68. The number of rotatable bonds is 14. The van der Waals surface area contributed by atoms with Gasteiger partial charge in [-0.1, -0.05) is 77.6 Å². The van der Waals surface area contributed by atoms with E-state index in [0.29, 0.717) is 0 Å². The molecule has 0 aromatic carbocycles. The van der Waals surface area contributed by atoms with E-state index in [9.17, 15) is 0 Å². The van der Waals surface area contributed by atoms with Gasteiger partial charge in [0.1, 0.15) is 0 Å². The Morgan fingerprint density at radius 3 is 1.68 bits per heavy atom. The lowest BCUT2D eigenvalue weighted by molar-refractivity contribution is 0.441. The molecular formula is C18H37N. The van der Waals surface area contributed by atoms with Gasteiger partial charge in [-0.25, -0.2) is 0 Å². The van der Waals surface area contributed by atoms with Gasteiger partial charge in [0.15, 0.2) is 0 Å². The Kier molecular flexibility index (Phi) is 10.5. The predicted octanol–water partition coefficient (Wildman–Crippen LogP) is 5.69. The first-order chi connectivity index (χ1) is 9.38. The van der Waals surface area contributed by atoms with Crippen molar-refractivity contribution in [1.82, 2.24) is 5.32 Å². The fourth-order valence-corrected chi connectivity index (χ4v) is 3.14. The molecule has 1 nitrogen and oxygen atoms in total. The maximum atomic E-state index is 3.50. The zero-order valence-electron chi connectivity index (χ0n) is 13.6. The van der Waals surface area contributed by atoms with Gasteiger partial charge < -0.3 is 5.32 Å². The van der Waals surface area contributed by atoms with Gasteiger partial charge in [0.2, 0.25) is 0 Å². The molecule has 0 aromatic heterocycles. The van der Waals surface area contributed by atoms with E-state index in [-0.39, 0.29) is 0 Å². The van der Waals surface area contributed by atoms with Crippen LogP contribution in [-0.2, 0) is 0 Å². The van der Waals surface area contributed by atoms with E-state index in [2.05, 4.69) is 19.3 Å². The van der Waals surface area contributed by atoms with Gasteiger partial charge in [-0.15, -0.1) is 0 Å². The van der Waals surface area contributed by atoms with Gasteiger partial charge in [-0.2, -0.15) is 0 Å². The number of hydrogen-bond acceptors (Lipinski definition) is 1. The fourth-order valence-electron chi connectivity index (χ4n) is 3.14. The van der Waals surface area contributed by atoms with E-state index in [1.165, 1.54) is 89.9 Å². The van der Waals surface area contributed by atoms with Crippen LogP contribution >= 0.6 is 0 Å². The van der Waals surface area contributed by atoms with Gasteiger partial charge >= 0.3 is 0 Å². The summed E-state index contributed by atoms with van der Waals surface area (Å²) in [5.74, 6) is 1.02. The highest BCUT2D eigenvalue weighted by molar-refractivity contribution is 4.85. The van der Waals surface area contributed by atoms with Crippen LogP contribution in [0.15, 0.2) is 0 Å². The zero-order chi connectivity index (χ0) is 13.8. The lowest BCUT2D eigenvalue weighted by Crippen LogP contribution is -2.27. The minimum atomic E-state index is 0.832. The third kappa shape index (κ3) is 9.49. The van der Waals surface area contributed by atoms with E-state index in [1.807, 2.05) is 0 Å². The quantitative estimate of drug-likeness (QED) is 0.399. The van der Waals surface area contributed by atoms with Crippen LogP contribution in [0.1, 0.15) is 96.8 Å². The summed E-state index contributed by atoms with van der Waals surface area (Å²) in [6.45, 7) is 2.29. The Hall–Kier alpha value is -0.0400. The van der Waals surface area contributed by atoms with Crippen molar-refractivity contribution < 1.29 is 0 Å². The summed E-state index contributed by atoms with van der Waals surface area (Å²) in [6.07, 6.45) is 20.4. The molecule has 0 amide bonds. The molecule has 1 atom stereocenters. The first kappa shape index (κ1) is 17.0. The topological polar surface area (TPSA) is 12.0 Å². The molecule has 1 unspecified atom stereocenters. The largest absolute Gasteiger partial charge is 0.317 e. The third-order valence-electron chi connectivity index (χ3n) is 4.68. The van der Waals surface area contributed by atoms with E-state index in [0.717, 1.165) is 12.0 Å². The Bertz CT molecular complexity index is 186. The summed E-state index contributed by atoms with van der Waals surface area (Å²) in [7, 11) is 2.14. The Labute approximate surface area is 121 Å². The summed E-state index contributed by atoms with van der Waals surface area (Å²) >= 11 is 0. The first-order valence-corrected chi connectivity index (χ1v) is 9.05. The first-order valence-electron chi connectivity index (χ1n) is 9.05. The van der Waals surface area contributed by atoms with Crippen molar-refractivity contribution in [3.63, 3.8) is 0 Å². The van der Waals surface area contributed by atoms with Crippen molar-refractivity contribution >= 4 is 0 Å². The Morgan fingerprint density at radius 2 is 1.26 bits per heavy atom. The molecule has 1 N–H and O–H groups in total. The van der Waals surface area contributed by atoms with Gasteiger partial charge in [0, 0.05) is 6.04 Å². The molecule has 1 saturated carbocycles. The van der Waals surface area contributed by atoms with Crippen molar-refractivity contribution in [2.75, 3.05) is 7.05 Å². The van der Waals surface area contributed by atoms with Crippen LogP contribution in [0, 0.1) is 5.92 Å². The Balaban J connectivity index is 1.73. The van der Waals surface area contributed by atoms with E-state index in [4.69, 9.17) is 0 Å². The molecule has 1 aliphatic carbocycles. The van der Waals surface area contributed by atoms with Crippen LogP contribution in [-0.4, -0.2) is 13.1 Å². The second-order valence-corrected chi connectivity index (χ2v) is 6.56. The SMILES string of the molecule is CCCCCCCCCCCCCC(NC)C1CC1. The van der Waals surface area contributed by atoms with Gasteiger partial charge in [-0.3, -0.25) is 0 Å². The van der Waals surface area contributed by atoms with Crippen molar-refractivity contribution in [2.45, 2.75) is 103 Å². The molecule has 0 aliphatic heterocycles. The maximum Gasteiger partial charge on any atom is 0.00923 e. The van der Waals surface area contributed by atoms with E-state index < -0.39 is 0 Å². The average molecular weight is 268 g/mol. The molecule has 1 aliphatic rings. The maximum absolute atomic E-state index is 3.50. The summed E-state index contributed by atoms with van der Waals surface area (Å²) in [5.41, 5.74) is 0. The standard InChI is InChI=1S/C18H37N/c1-3-4-5-6-7-8-9-10-11-12-13-14-18(19-2)17-15-16-17/h17-19H,3-16H2,1-2H3. The monoisotopic (exact) mass is 267 g/mol. The Morgan fingerprint density at radius 1 is 0.789 bits per heavy atom. The molecule has 19 heavy (non-hydrogen) atoms. The second-order valence-electron chi connectivity index (χ2n) is 6.56. The number of unbranched alkanes of at least 4 members (excludes halogenated alkanes) is 10. The second kappa shape index (κ2) is 11.8. The molecular weight excluding hydrogens is 230 g/mol. The van der Waals surface area contributed by atoms with Gasteiger partial charge in [0.25, 0.3) is 0 Å². The highest BCUT2D eigenvalue weighted by Crippen LogP contribution is 2.34. The van der Waals surface area contributed by atoms with Crippen LogP contribution < -0.4 is 5.32 Å². The van der Waals surface area contributed by atoms with Crippen molar-refractivity contribution in [2.24, 2.45) is 5.92 Å². The molecule has 0 spiro atoms. The van der Waals surface area contributed by atoms with Crippen molar-refractivity contribution in [3.8, 4) is 0 Å². The minimum Gasteiger partial charge on any atom is -0.317 e. The van der Waals surface area contributed by atoms with Gasteiger partial charge in [0.05, 0.1) is 0 Å². The number of hydrogen-bond donors (Lipinski definition) is 1. The van der Waals surface area contributed by atoms with Crippen LogP contribution in [0.5, 0.6) is 0 Å². The average Bonchev–Trinajstić information content (AvgIpc) is 3.25. The highest BCUT2D eigenvalue weighted by atomic mass is 14.9. The van der Waals surface area contributed by atoms with Crippen molar-refractivity contribution in [3.05, 3.63) is 0 Å². The smallest absolute Gasteiger partial charge is 0.00923 e. The summed E-state index contributed by atoms with van der Waals surface area (Å²) < 4.78 is 0. The van der Waals surface area contributed by atoms with Crippen LogP contribution in [0.2, 0.25) is 0 Å². The van der Waals surface area contributed by atoms with E-state index in [1.54, 1.807) is 0 Å². The molecule has 1 fully saturated rings. The summed E-state index contributed by atoms with van der Waals surface area (Å²) in [5, 5.41) is 3.50. The zero-order valence-corrected chi connectivity index (χ0v) is 13.6. The number of nitrogens with one attached hydrogen (secondary N) is 1. The molecule has 114 valence electrons. The van der Waals surface area contributed by atoms with Gasteiger partial charge in [-0.05, 0) is 32.2 Å². The van der Waals surface area contributed by atoms with Crippen LogP contribution in [0.4, 0.5) is 0 Å². The summed E-state index contributed by atoms with van der Waals surface area (Å²) in [4.78, 5) is 0. The molecule has 0 radical (unpaired) electrons. The lowest BCUT2D eigenvalue weighted by Gasteiger charge is -2.14. The molecule has 1 rings (SSSR count). The van der Waals surface area contributed by atoms with Crippen LogP contribution in [0.3, 0.4) is 0 Å². The molecule has 0 saturated heterocycles. The minimum absolute atomic E-state index is 0.832. The van der Waals surface area contributed by atoms with Crippen molar-refractivity contribution in [1.29, 1.82) is 0 Å². The fraction of sp³-hybridized carbons (Fsp3) is 1.00. The van der Waals surface area contributed by atoms with E-state index >= 15 is 0 Å². The molecule has 1 heteroatoms. The molecule has 0 heterocycles.